The van der Waals surface area contributed by atoms with Gasteiger partial charge < -0.3 is 10.6 Å². The van der Waals surface area contributed by atoms with Crippen LogP contribution < -0.4 is 5.73 Å². The van der Waals surface area contributed by atoms with Crippen LogP contribution in [-0.4, -0.2) is 18.6 Å². The maximum atomic E-state index is 5.14. The Hall–Kier alpha value is -2.02. The van der Waals surface area contributed by atoms with Crippen LogP contribution in [0.15, 0.2) is 61.0 Å². The van der Waals surface area contributed by atoms with Crippen molar-refractivity contribution in [1.82, 2.24) is 4.90 Å². The third kappa shape index (κ3) is 53.3. The van der Waals surface area contributed by atoms with E-state index >= 15 is 0 Å². The average Bonchev–Trinajstić information content (AvgIpc) is 2.83. The lowest BCUT2D eigenvalue weighted by atomic mass is 10.1. The normalized spacial score (nSPS) is 7.24. The number of hydrogen-bond acceptors (Lipinski definition) is 2. The molecule has 196 valence electrons. The molecule has 1 aromatic rings. The fourth-order valence-corrected chi connectivity index (χ4v) is 1.71. The van der Waals surface area contributed by atoms with Crippen LogP contribution in [0.5, 0.6) is 0 Å². The van der Waals surface area contributed by atoms with Crippen molar-refractivity contribution in [3.8, 4) is 0 Å². The number of unbranched alkanes of at least 4 members (excludes halogenated alkanes) is 1. The Morgan fingerprint density at radius 3 is 1.39 bits per heavy atom. The molecule has 0 radical (unpaired) electrons. The van der Waals surface area contributed by atoms with Gasteiger partial charge in [0.2, 0.25) is 0 Å². The van der Waals surface area contributed by atoms with E-state index in [9.17, 15) is 0 Å². The zero-order valence-corrected chi connectivity index (χ0v) is 25.2. The Morgan fingerprint density at radius 2 is 1.21 bits per heavy atom. The third-order valence-corrected chi connectivity index (χ3v) is 3.03. The van der Waals surface area contributed by atoms with Gasteiger partial charge in [0.25, 0.3) is 0 Å². The van der Waals surface area contributed by atoms with Crippen molar-refractivity contribution in [2.24, 2.45) is 5.73 Å². The lowest BCUT2D eigenvalue weighted by Crippen LogP contribution is -2.18. The molecule has 0 atom stereocenters. The van der Waals surface area contributed by atoms with Gasteiger partial charge in [0, 0.05) is 7.05 Å². The van der Waals surface area contributed by atoms with Crippen molar-refractivity contribution >= 4 is 0 Å². The van der Waals surface area contributed by atoms with Crippen molar-refractivity contribution in [3.05, 3.63) is 77.7 Å². The van der Waals surface area contributed by atoms with Crippen LogP contribution in [0.4, 0.5) is 0 Å². The summed E-state index contributed by atoms with van der Waals surface area (Å²) in [4.78, 5) is 1.79. The Bertz CT molecular complexity index is 500. The first-order valence-corrected chi connectivity index (χ1v) is 12.8. The van der Waals surface area contributed by atoms with E-state index in [1.807, 2.05) is 61.6 Å². The molecular formula is C31H62N2. The van der Waals surface area contributed by atoms with Gasteiger partial charge in [-0.1, -0.05) is 129 Å². The molecule has 0 aromatic heterocycles. The first-order chi connectivity index (χ1) is 15.7. The van der Waals surface area contributed by atoms with Crippen LogP contribution in [0.25, 0.3) is 0 Å². The summed E-state index contributed by atoms with van der Waals surface area (Å²) in [6.45, 7) is 34.4. The van der Waals surface area contributed by atoms with Gasteiger partial charge in [-0.25, -0.2) is 0 Å². The van der Waals surface area contributed by atoms with Gasteiger partial charge in [-0.2, -0.15) is 0 Å². The van der Waals surface area contributed by atoms with Crippen LogP contribution in [-0.2, 0) is 0 Å². The number of rotatable bonds is 5. The van der Waals surface area contributed by atoms with Gasteiger partial charge in [0.1, 0.15) is 0 Å². The van der Waals surface area contributed by atoms with Crippen molar-refractivity contribution in [2.75, 3.05) is 13.7 Å². The van der Waals surface area contributed by atoms with E-state index in [0.717, 1.165) is 12.0 Å². The van der Waals surface area contributed by atoms with Crippen LogP contribution in [0.2, 0.25) is 0 Å². The highest BCUT2D eigenvalue weighted by atomic mass is 15.1. The second-order valence-electron chi connectivity index (χ2n) is 6.52. The molecule has 0 bridgehead atoms. The number of aryl methyl sites for hydroxylation is 3. The minimum Gasteiger partial charge on any atom is -0.369 e. The number of nitrogens with zero attached hydrogens (tertiary/aromatic N) is 1. The fourth-order valence-electron chi connectivity index (χ4n) is 1.71. The molecule has 0 amide bonds. The largest absolute Gasteiger partial charge is 0.369 e. The SMILES string of the molecule is C=CC(C)=C=CCCC.C=CN(C)CN.CC.CC.CC.CCC.Cc1cc(C)cc(C)c1. The Kier molecular flexibility index (Phi) is 59.2. The molecule has 0 spiro atoms. The van der Waals surface area contributed by atoms with Gasteiger partial charge in [-0.3, -0.25) is 0 Å². The summed E-state index contributed by atoms with van der Waals surface area (Å²) >= 11 is 0. The van der Waals surface area contributed by atoms with E-state index in [2.05, 4.69) is 84.7 Å². The molecule has 0 heterocycles. The van der Waals surface area contributed by atoms with E-state index in [1.54, 1.807) is 11.1 Å². The predicted molar refractivity (Wildman–Crippen MR) is 160 cm³/mol. The summed E-state index contributed by atoms with van der Waals surface area (Å²) in [6.07, 6.45) is 9.10. The van der Waals surface area contributed by atoms with E-state index < -0.39 is 0 Å². The zero-order valence-electron chi connectivity index (χ0n) is 25.2. The summed E-state index contributed by atoms with van der Waals surface area (Å²) in [5.41, 5.74) is 13.4. The highest BCUT2D eigenvalue weighted by molar-refractivity contribution is 5.27. The first-order valence-electron chi connectivity index (χ1n) is 12.8. The summed E-state index contributed by atoms with van der Waals surface area (Å²) < 4.78 is 0. The Balaban J connectivity index is -0.0000000713. The molecule has 2 heteroatoms. The van der Waals surface area contributed by atoms with Crippen LogP contribution >= 0.6 is 0 Å². The number of benzene rings is 1. The van der Waals surface area contributed by atoms with Crippen LogP contribution in [0.3, 0.4) is 0 Å². The molecule has 33 heavy (non-hydrogen) atoms. The molecule has 0 fully saturated rings. The van der Waals surface area contributed by atoms with Crippen molar-refractivity contribution in [2.45, 2.75) is 109 Å². The molecule has 1 rings (SSSR count). The van der Waals surface area contributed by atoms with Gasteiger partial charge >= 0.3 is 0 Å². The molecule has 0 aliphatic carbocycles. The van der Waals surface area contributed by atoms with Crippen LogP contribution in [0.1, 0.15) is 105 Å². The summed E-state index contributed by atoms with van der Waals surface area (Å²) in [5.74, 6) is 0. The van der Waals surface area contributed by atoms with E-state index in [4.69, 9.17) is 5.73 Å². The molecular weight excluding hydrogens is 400 g/mol. The third-order valence-electron chi connectivity index (χ3n) is 3.03. The van der Waals surface area contributed by atoms with E-state index in [0.29, 0.717) is 6.67 Å². The van der Waals surface area contributed by atoms with Crippen molar-refractivity contribution in [3.63, 3.8) is 0 Å². The molecule has 2 nitrogen and oxygen atoms in total. The second kappa shape index (κ2) is 43.8. The summed E-state index contributed by atoms with van der Waals surface area (Å²) in [7, 11) is 1.87. The molecule has 1 aromatic carbocycles. The number of hydrogen-bond donors (Lipinski definition) is 1. The fraction of sp³-hybridized carbons (Fsp3) is 0.581. The monoisotopic (exact) mass is 462 g/mol. The van der Waals surface area contributed by atoms with Crippen molar-refractivity contribution < 1.29 is 0 Å². The summed E-state index contributed by atoms with van der Waals surface area (Å²) in [5, 5.41) is 0. The van der Waals surface area contributed by atoms with Gasteiger partial charge in [-0.05, 0) is 52.0 Å². The van der Waals surface area contributed by atoms with Crippen LogP contribution in [0, 0.1) is 20.8 Å². The first kappa shape index (κ1) is 44.6. The highest BCUT2D eigenvalue weighted by Gasteiger charge is 1.87. The van der Waals surface area contributed by atoms with E-state index in [-0.39, 0.29) is 0 Å². The van der Waals surface area contributed by atoms with Gasteiger partial charge in [0.05, 0.1) is 6.67 Å². The van der Waals surface area contributed by atoms with Gasteiger partial charge in [0.15, 0.2) is 0 Å². The van der Waals surface area contributed by atoms with E-state index in [1.165, 1.54) is 29.5 Å². The second-order valence-corrected chi connectivity index (χ2v) is 6.52. The minimum atomic E-state index is 0.545. The molecule has 0 saturated carbocycles. The lowest BCUT2D eigenvalue weighted by Gasteiger charge is -2.06. The molecule has 0 aliphatic heterocycles. The predicted octanol–water partition coefficient (Wildman–Crippen LogP) is 10.2. The molecule has 2 N–H and O–H groups in total. The minimum absolute atomic E-state index is 0.545. The smallest absolute Gasteiger partial charge is 0.0647 e. The standard InChI is InChI=1S/C9H12.C9H14.C4H10N2.C3H8.3C2H6/c1-7-4-8(2)6-9(3)5-7;1-4-6-7-8-9(3)5-2;1-3-6(2)4-5;1-3-2;3*1-2/h4-6H,1-3H3;5,7H,2,4,6H2,1,3H3;3H,1,4-5H2,2H3;3H2,1-2H3;3*1-2H3. The Labute approximate surface area is 211 Å². The highest BCUT2D eigenvalue weighted by Crippen LogP contribution is 2.06. The lowest BCUT2D eigenvalue weighted by molar-refractivity contribution is 0.473. The average molecular weight is 463 g/mol. The number of allylic oxidation sites excluding steroid dienone is 2. The molecule has 0 saturated heterocycles. The molecule has 0 aliphatic rings. The quantitative estimate of drug-likeness (QED) is 0.268. The van der Waals surface area contributed by atoms with Crippen molar-refractivity contribution in [1.29, 1.82) is 0 Å². The Morgan fingerprint density at radius 1 is 0.879 bits per heavy atom. The summed E-state index contributed by atoms with van der Waals surface area (Å²) in [6, 6.07) is 6.56. The topological polar surface area (TPSA) is 29.3 Å². The van der Waals surface area contributed by atoms with Gasteiger partial charge in [-0.15, -0.1) is 5.73 Å². The maximum absolute atomic E-state index is 5.14. The molecule has 0 unspecified atom stereocenters. The number of nitrogens with two attached hydrogens (primary N) is 1. The maximum Gasteiger partial charge on any atom is 0.0647 e. The zero-order chi connectivity index (χ0) is 27.7.